The number of hydrogen-bond acceptors (Lipinski definition) is 4. The monoisotopic (exact) mass is 294 g/mol. The van der Waals surface area contributed by atoms with Crippen LogP contribution in [0.4, 0.5) is 4.39 Å². The van der Waals surface area contributed by atoms with Crippen LogP contribution in [0.15, 0.2) is 18.2 Å². The van der Waals surface area contributed by atoms with E-state index in [1.165, 1.54) is 10.9 Å². The van der Waals surface area contributed by atoms with Crippen molar-refractivity contribution < 1.29 is 9.13 Å². The summed E-state index contributed by atoms with van der Waals surface area (Å²) < 4.78 is 19.4. The Bertz CT molecular complexity index is 578. The van der Waals surface area contributed by atoms with Gasteiger partial charge in [-0.3, -0.25) is 0 Å². The Balaban J connectivity index is 2.33. The lowest BCUT2D eigenvalue weighted by molar-refractivity contribution is 0.393. The summed E-state index contributed by atoms with van der Waals surface area (Å²) >= 11 is 1.66. The maximum atomic E-state index is 14.1. The zero-order chi connectivity index (χ0) is 14.7. The van der Waals surface area contributed by atoms with Crippen molar-refractivity contribution in [1.82, 2.24) is 10.3 Å². The maximum absolute atomic E-state index is 14.1. The van der Waals surface area contributed by atoms with Crippen LogP contribution < -0.4 is 10.1 Å². The predicted molar refractivity (Wildman–Crippen MR) is 80.0 cm³/mol. The lowest BCUT2D eigenvalue weighted by atomic mass is 10.0. The van der Waals surface area contributed by atoms with Crippen molar-refractivity contribution in [3.8, 4) is 5.75 Å². The normalized spacial score (nSPS) is 12.4. The molecule has 0 radical (unpaired) electrons. The third-order valence-corrected chi connectivity index (χ3v) is 4.48. The van der Waals surface area contributed by atoms with Gasteiger partial charge in [0.2, 0.25) is 0 Å². The van der Waals surface area contributed by atoms with E-state index >= 15 is 0 Å². The Morgan fingerprint density at radius 1 is 1.40 bits per heavy atom. The van der Waals surface area contributed by atoms with E-state index in [1.54, 1.807) is 30.6 Å². The summed E-state index contributed by atoms with van der Waals surface area (Å²) in [6.45, 7) is 4.04. The highest BCUT2D eigenvalue weighted by molar-refractivity contribution is 7.11. The molecule has 1 N–H and O–H groups in total. The highest BCUT2D eigenvalue weighted by Gasteiger charge is 2.21. The van der Waals surface area contributed by atoms with Crippen LogP contribution in [0.25, 0.3) is 0 Å². The van der Waals surface area contributed by atoms with Gasteiger partial charge in [-0.1, -0.05) is 6.07 Å². The van der Waals surface area contributed by atoms with Gasteiger partial charge in [-0.15, -0.1) is 11.3 Å². The van der Waals surface area contributed by atoms with Crippen LogP contribution >= 0.6 is 11.3 Å². The first-order valence-electron chi connectivity index (χ1n) is 6.49. The predicted octanol–water partition coefficient (Wildman–Crippen LogP) is 3.41. The number of halogens is 1. The zero-order valence-electron chi connectivity index (χ0n) is 12.2. The summed E-state index contributed by atoms with van der Waals surface area (Å²) in [6, 6.07) is 4.74. The highest BCUT2D eigenvalue weighted by Crippen LogP contribution is 2.31. The van der Waals surface area contributed by atoms with Crippen molar-refractivity contribution >= 4 is 11.3 Å². The fourth-order valence-corrected chi connectivity index (χ4v) is 3.16. The van der Waals surface area contributed by atoms with E-state index in [1.807, 2.05) is 14.0 Å². The van der Waals surface area contributed by atoms with Crippen LogP contribution in [-0.2, 0) is 6.42 Å². The summed E-state index contributed by atoms with van der Waals surface area (Å²) in [6.07, 6.45) is 0.646. The quantitative estimate of drug-likeness (QED) is 0.917. The van der Waals surface area contributed by atoms with Gasteiger partial charge in [0.25, 0.3) is 0 Å². The molecule has 0 amide bonds. The standard InChI is InChI=1S/C15H19FN2OS/c1-9-10(2)20-14(18-9)8-12(17-3)15-11(16)6-5-7-13(15)19-4/h5-7,12,17H,8H2,1-4H3. The molecule has 2 aromatic rings. The van der Waals surface area contributed by atoms with E-state index in [0.717, 1.165) is 10.7 Å². The minimum absolute atomic E-state index is 0.156. The van der Waals surface area contributed by atoms with Crippen molar-refractivity contribution in [2.45, 2.75) is 26.3 Å². The molecule has 108 valence electrons. The lowest BCUT2D eigenvalue weighted by Gasteiger charge is -2.19. The molecular formula is C15H19FN2OS. The van der Waals surface area contributed by atoms with E-state index in [4.69, 9.17) is 4.74 Å². The Morgan fingerprint density at radius 2 is 2.15 bits per heavy atom. The molecule has 2 rings (SSSR count). The van der Waals surface area contributed by atoms with Gasteiger partial charge in [-0.2, -0.15) is 0 Å². The second kappa shape index (κ2) is 6.33. The summed E-state index contributed by atoms with van der Waals surface area (Å²) in [5.74, 6) is 0.308. The minimum atomic E-state index is -0.256. The van der Waals surface area contributed by atoms with Gasteiger partial charge in [0.1, 0.15) is 11.6 Å². The number of nitrogens with zero attached hydrogens (tertiary/aromatic N) is 1. The van der Waals surface area contributed by atoms with Crippen molar-refractivity contribution in [2.75, 3.05) is 14.2 Å². The second-order valence-corrected chi connectivity index (χ2v) is 5.94. The van der Waals surface area contributed by atoms with Crippen molar-refractivity contribution in [3.63, 3.8) is 0 Å². The number of aryl methyl sites for hydroxylation is 2. The van der Waals surface area contributed by atoms with E-state index in [2.05, 4.69) is 17.2 Å². The molecule has 1 unspecified atom stereocenters. The molecule has 0 saturated heterocycles. The molecule has 1 aromatic heterocycles. The van der Waals surface area contributed by atoms with Gasteiger partial charge in [-0.25, -0.2) is 9.37 Å². The topological polar surface area (TPSA) is 34.2 Å². The fourth-order valence-electron chi connectivity index (χ4n) is 2.18. The molecule has 0 bridgehead atoms. The number of thiazole rings is 1. The molecule has 1 atom stereocenters. The van der Waals surface area contributed by atoms with Crippen LogP contribution in [0.2, 0.25) is 0 Å². The molecule has 3 nitrogen and oxygen atoms in total. The molecule has 0 spiro atoms. The van der Waals surface area contributed by atoms with Crippen LogP contribution in [-0.4, -0.2) is 19.1 Å². The SMILES string of the molecule is CNC(Cc1nc(C)c(C)s1)c1c(F)cccc1OC. The van der Waals surface area contributed by atoms with E-state index < -0.39 is 0 Å². The second-order valence-electron chi connectivity index (χ2n) is 4.65. The molecule has 0 aliphatic heterocycles. The number of benzene rings is 1. The summed E-state index contributed by atoms with van der Waals surface area (Å²) in [5.41, 5.74) is 1.60. The van der Waals surface area contributed by atoms with Crippen LogP contribution in [0.5, 0.6) is 5.75 Å². The molecule has 0 aliphatic carbocycles. The van der Waals surface area contributed by atoms with Crippen LogP contribution in [0.1, 0.15) is 27.2 Å². The Labute approximate surface area is 122 Å². The van der Waals surface area contributed by atoms with Gasteiger partial charge in [0.15, 0.2) is 0 Å². The molecule has 1 heterocycles. The number of likely N-dealkylation sites (N-methyl/N-ethyl adjacent to an activating group) is 1. The first-order chi connectivity index (χ1) is 9.56. The summed E-state index contributed by atoms with van der Waals surface area (Å²) in [5, 5.41) is 4.16. The molecule has 1 aromatic carbocycles. The highest BCUT2D eigenvalue weighted by atomic mass is 32.1. The van der Waals surface area contributed by atoms with Gasteiger partial charge >= 0.3 is 0 Å². The number of nitrogens with one attached hydrogen (secondary N) is 1. The van der Waals surface area contributed by atoms with Crippen LogP contribution in [0.3, 0.4) is 0 Å². The fraction of sp³-hybridized carbons (Fsp3) is 0.400. The van der Waals surface area contributed by atoms with Gasteiger partial charge < -0.3 is 10.1 Å². The lowest BCUT2D eigenvalue weighted by Crippen LogP contribution is -2.21. The van der Waals surface area contributed by atoms with Crippen molar-refractivity contribution in [1.29, 1.82) is 0 Å². The molecule has 20 heavy (non-hydrogen) atoms. The van der Waals surface area contributed by atoms with Gasteiger partial charge in [-0.05, 0) is 33.0 Å². The largest absolute Gasteiger partial charge is 0.496 e. The molecule has 0 fully saturated rings. The number of ether oxygens (including phenoxy) is 1. The number of methoxy groups -OCH3 is 1. The smallest absolute Gasteiger partial charge is 0.131 e. The zero-order valence-corrected chi connectivity index (χ0v) is 13.0. The first kappa shape index (κ1) is 14.9. The van der Waals surface area contributed by atoms with Gasteiger partial charge in [0, 0.05) is 22.9 Å². The first-order valence-corrected chi connectivity index (χ1v) is 7.31. The Hall–Kier alpha value is -1.46. The van der Waals surface area contributed by atoms with E-state index in [9.17, 15) is 4.39 Å². The molecule has 0 aliphatic rings. The van der Waals surface area contributed by atoms with Gasteiger partial charge in [0.05, 0.1) is 17.8 Å². The Kier molecular flexibility index (Phi) is 4.73. The van der Waals surface area contributed by atoms with Crippen molar-refractivity contribution in [2.24, 2.45) is 0 Å². The number of hydrogen-bond donors (Lipinski definition) is 1. The molecular weight excluding hydrogens is 275 g/mol. The Morgan fingerprint density at radius 3 is 2.70 bits per heavy atom. The third kappa shape index (κ3) is 2.99. The number of rotatable bonds is 5. The minimum Gasteiger partial charge on any atom is -0.496 e. The third-order valence-electron chi connectivity index (χ3n) is 3.38. The maximum Gasteiger partial charge on any atom is 0.131 e. The van der Waals surface area contributed by atoms with Crippen molar-refractivity contribution in [3.05, 3.63) is 45.2 Å². The van der Waals surface area contributed by atoms with E-state index in [0.29, 0.717) is 17.7 Å². The molecule has 0 saturated carbocycles. The summed E-state index contributed by atoms with van der Waals surface area (Å²) in [4.78, 5) is 5.73. The van der Waals surface area contributed by atoms with E-state index in [-0.39, 0.29) is 11.9 Å². The number of aromatic nitrogens is 1. The average Bonchev–Trinajstić information content (AvgIpc) is 2.75. The summed E-state index contributed by atoms with van der Waals surface area (Å²) in [7, 11) is 3.38. The molecule has 5 heteroatoms. The average molecular weight is 294 g/mol. The van der Waals surface area contributed by atoms with Crippen LogP contribution in [0, 0.1) is 19.7 Å².